The van der Waals surface area contributed by atoms with E-state index in [1.165, 1.54) is 0 Å². The fourth-order valence-electron chi connectivity index (χ4n) is 2.53. The highest BCUT2D eigenvalue weighted by Gasteiger charge is 2.30. The predicted octanol–water partition coefficient (Wildman–Crippen LogP) is 2.66. The van der Waals surface area contributed by atoms with Crippen molar-refractivity contribution in [3.8, 4) is 0 Å². The van der Waals surface area contributed by atoms with Crippen LogP contribution in [-0.2, 0) is 9.53 Å². The molecule has 1 heterocycles. The molecule has 1 aromatic carbocycles. The number of ether oxygens (including phenoxy) is 1. The number of halogens is 2. The van der Waals surface area contributed by atoms with E-state index in [0.29, 0.717) is 18.2 Å². The summed E-state index contributed by atoms with van der Waals surface area (Å²) in [6, 6.07) is 7.70. The number of carbonyl (C=O) groups is 1. The maximum Gasteiger partial charge on any atom is 0.252 e. The summed E-state index contributed by atoms with van der Waals surface area (Å²) >= 11 is 6.06. The molecule has 1 fully saturated rings. The summed E-state index contributed by atoms with van der Waals surface area (Å²) in [4.78, 5) is 14.4. The number of hydrogen-bond acceptors (Lipinski definition) is 3. The highest BCUT2D eigenvalue weighted by atomic mass is 35.5. The van der Waals surface area contributed by atoms with Gasteiger partial charge >= 0.3 is 0 Å². The molecule has 6 heteroatoms. The number of carbonyl (C=O) groups excluding carboxylic acids is 1. The first-order valence-corrected chi connectivity index (χ1v) is 7.39. The second-order valence-corrected chi connectivity index (χ2v) is 5.34. The molecule has 0 aliphatic carbocycles. The van der Waals surface area contributed by atoms with Gasteiger partial charge in [0.1, 0.15) is 6.10 Å². The number of nitrogens with one attached hydrogen (secondary N) is 1. The van der Waals surface area contributed by atoms with E-state index in [9.17, 15) is 4.79 Å². The van der Waals surface area contributed by atoms with Crippen LogP contribution in [0, 0.1) is 0 Å². The Labute approximate surface area is 137 Å². The van der Waals surface area contributed by atoms with Crippen LogP contribution in [0.25, 0.3) is 0 Å². The maximum absolute atomic E-state index is 12.5. The van der Waals surface area contributed by atoms with Crippen molar-refractivity contribution in [3.63, 3.8) is 0 Å². The van der Waals surface area contributed by atoms with Crippen LogP contribution >= 0.6 is 24.0 Å². The van der Waals surface area contributed by atoms with Gasteiger partial charge in [-0.3, -0.25) is 4.79 Å². The third kappa shape index (κ3) is 4.58. The molecular weight excluding hydrogens is 311 g/mol. The van der Waals surface area contributed by atoms with E-state index in [-0.39, 0.29) is 24.4 Å². The van der Waals surface area contributed by atoms with Crippen molar-refractivity contribution in [1.82, 2.24) is 10.2 Å². The Morgan fingerprint density at radius 1 is 1.57 bits per heavy atom. The number of piperazine rings is 1. The van der Waals surface area contributed by atoms with E-state index >= 15 is 0 Å². The topological polar surface area (TPSA) is 41.6 Å². The summed E-state index contributed by atoms with van der Waals surface area (Å²) in [5.41, 5.74) is 1.06. The molecule has 118 valence electrons. The molecule has 2 unspecified atom stereocenters. The van der Waals surface area contributed by atoms with Gasteiger partial charge < -0.3 is 15.0 Å². The van der Waals surface area contributed by atoms with E-state index in [4.69, 9.17) is 16.3 Å². The molecule has 0 bridgehead atoms. The SMILES string of the molecule is CCOC(C)C(=O)N1CCNCC1c1cccc(Cl)c1.Cl. The summed E-state index contributed by atoms with van der Waals surface area (Å²) in [5.74, 6) is 0.0401. The Morgan fingerprint density at radius 2 is 2.33 bits per heavy atom. The van der Waals surface area contributed by atoms with Gasteiger partial charge in [0.15, 0.2) is 0 Å². The van der Waals surface area contributed by atoms with Gasteiger partial charge in [-0.15, -0.1) is 12.4 Å². The Morgan fingerprint density at radius 3 is 3.00 bits per heavy atom. The lowest BCUT2D eigenvalue weighted by atomic mass is 10.0. The van der Waals surface area contributed by atoms with Gasteiger partial charge in [0.2, 0.25) is 0 Å². The molecule has 1 aliphatic heterocycles. The smallest absolute Gasteiger partial charge is 0.252 e. The van der Waals surface area contributed by atoms with Crippen LogP contribution in [0.2, 0.25) is 5.02 Å². The molecule has 4 nitrogen and oxygen atoms in total. The molecule has 1 N–H and O–H groups in total. The average Bonchev–Trinajstić information content (AvgIpc) is 2.47. The molecule has 0 spiro atoms. The van der Waals surface area contributed by atoms with Crippen molar-refractivity contribution in [1.29, 1.82) is 0 Å². The summed E-state index contributed by atoms with van der Waals surface area (Å²) in [5, 5.41) is 4.02. The Bertz CT molecular complexity index is 471. The van der Waals surface area contributed by atoms with Crippen LogP contribution in [0.5, 0.6) is 0 Å². The van der Waals surface area contributed by atoms with Crippen LogP contribution < -0.4 is 5.32 Å². The first-order valence-electron chi connectivity index (χ1n) is 7.01. The number of nitrogens with zero attached hydrogens (tertiary/aromatic N) is 1. The van der Waals surface area contributed by atoms with Crippen LogP contribution in [0.4, 0.5) is 0 Å². The van der Waals surface area contributed by atoms with Crippen LogP contribution in [0.3, 0.4) is 0 Å². The van der Waals surface area contributed by atoms with E-state index in [2.05, 4.69) is 5.32 Å². The average molecular weight is 333 g/mol. The normalized spacial score (nSPS) is 19.8. The number of amides is 1. The van der Waals surface area contributed by atoms with Gasteiger partial charge in [0.05, 0.1) is 6.04 Å². The standard InChI is InChI=1S/C15H21ClN2O2.ClH/c1-3-20-11(2)15(19)18-8-7-17-10-14(18)12-5-4-6-13(16)9-12;/h4-6,9,11,14,17H,3,7-8,10H2,1-2H3;1H. The Hall–Kier alpha value is -0.810. The monoisotopic (exact) mass is 332 g/mol. The number of benzene rings is 1. The summed E-state index contributed by atoms with van der Waals surface area (Å²) < 4.78 is 5.43. The third-order valence-electron chi connectivity index (χ3n) is 3.52. The summed E-state index contributed by atoms with van der Waals surface area (Å²) in [6.07, 6.45) is -0.403. The minimum atomic E-state index is -0.403. The first kappa shape index (κ1) is 18.2. The molecule has 1 amide bonds. The van der Waals surface area contributed by atoms with Crippen LogP contribution in [-0.4, -0.2) is 43.2 Å². The lowest BCUT2D eigenvalue weighted by Gasteiger charge is -2.38. The van der Waals surface area contributed by atoms with Crippen molar-refractivity contribution < 1.29 is 9.53 Å². The van der Waals surface area contributed by atoms with E-state index < -0.39 is 6.10 Å². The van der Waals surface area contributed by atoms with Gasteiger partial charge in [-0.05, 0) is 31.5 Å². The maximum atomic E-state index is 12.5. The van der Waals surface area contributed by atoms with E-state index in [0.717, 1.165) is 18.7 Å². The zero-order chi connectivity index (χ0) is 14.5. The number of rotatable bonds is 4. The molecule has 0 radical (unpaired) electrons. The predicted molar refractivity (Wildman–Crippen MR) is 87.1 cm³/mol. The highest BCUT2D eigenvalue weighted by Crippen LogP contribution is 2.25. The van der Waals surface area contributed by atoms with Gasteiger partial charge in [0.25, 0.3) is 5.91 Å². The molecule has 1 aliphatic rings. The second-order valence-electron chi connectivity index (χ2n) is 4.90. The van der Waals surface area contributed by atoms with Crippen molar-refractivity contribution in [2.75, 3.05) is 26.2 Å². The minimum absolute atomic E-state index is 0. The lowest BCUT2D eigenvalue weighted by Crippen LogP contribution is -2.51. The lowest BCUT2D eigenvalue weighted by molar-refractivity contribution is -0.145. The summed E-state index contributed by atoms with van der Waals surface area (Å²) in [6.45, 7) is 6.49. The molecule has 1 saturated heterocycles. The van der Waals surface area contributed by atoms with Gasteiger partial charge in [-0.1, -0.05) is 23.7 Å². The van der Waals surface area contributed by atoms with Crippen molar-refractivity contribution in [3.05, 3.63) is 34.9 Å². The van der Waals surface area contributed by atoms with E-state index in [1.807, 2.05) is 43.0 Å². The molecule has 0 aromatic heterocycles. The zero-order valence-electron chi connectivity index (χ0n) is 12.3. The van der Waals surface area contributed by atoms with Crippen molar-refractivity contribution in [2.45, 2.75) is 26.0 Å². The number of hydrogen-bond donors (Lipinski definition) is 1. The zero-order valence-corrected chi connectivity index (χ0v) is 13.9. The quantitative estimate of drug-likeness (QED) is 0.921. The van der Waals surface area contributed by atoms with Gasteiger partial charge in [0, 0.05) is 31.3 Å². The third-order valence-corrected chi connectivity index (χ3v) is 3.76. The Kier molecular flexibility index (Phi) is 7.46. The van der Waals surface area contributed by atoms with Crippen LogP contribution in [0.15, 0.2) is 24.3 Å². The molecular formula is C15H22Cl2N2O2. The highest BCUT2D eigenvalue weighted by molar-refractivity contribution is 6.30. The Balaban J connectivity index is 0.00000220. The largest absolute Gasteiger partial charge is 0.369 e. The molecule has 2 atom stereocenters. The molecule has 0 saturated carbocycles. The minimum Gasteiger partial charge on any atom is -0.369 e. The fourth-order valence-corrected chi connectivity index (χ4v) is 2.73. The fraction of sp³-hybridized carbons (Fsp3) is 0.533. The van der Waals surface area contributed by atoms with Crippen molar-refractivity contribution >= 4 is 29.9 Å². The first-order chi connectivity index (χ1) is 9.63. The summed E-state index contributed by atoms with van der Waals surface area (Å²) in [7, 11) is 0. The van der Waals surface area contributed by atoms with Crippen LogP contribution in [0.1, 0.15) is 25.5 Å². The van der Waals surface area contributed by atoms with Gasteiger partial charge in [-0.25, -0.2) is 0 Å². The molecule has 2 rings (SSSR count). The van der Waals surface area contributed by atoms with Crippen molar-refractivity contribution in [2.24, 2.45) is 0 Å². The molecule has 21 heavy (non-hydrogen) atoms. The second kappa shape index (κ2) is 8.59. The van der Waals surface area contributed by atoms with Gasteiger partial charge in [-0.2, -0.15) is 0 Å². The van der Waals surface area contributed by atoms with E-state index in [1.54, 1.807) is 0 Å². The molecule has 1 aromatic rings.